The third kappa shape index (κ3) is 1.68. The fourth-order valence-electron chi connectivity index (χ4n) is 4.38. The number of aromatic nitrogens is 1. The molecule has 0 aromatic carbocycles. The number of carbonyl (C=O) groups excluding carboxylic acids is 1. The maximum absolute atomic E-state index is 13.0. The van der Waals surface area contributed by atoms with Gasteiger partial charge in [-0.25, -0.2) is 4.98 Å². The first-order valence-electron chi connectivity index (χ1n) is 7.72. The zero-order valence-corrected chi connectivity index (χ0v) is 13.6. The molecule has 2 atom stereocenters. The monoisotopic (exact) mass is 301 g/mol. The van der Waals surface area contributed by atoms with Gasteiger partial charge in [-0.05, 0) is 42.9 Å². The first-order chi connectivity index (χ1) is 10.3. The number of hydrogen-bond acceptors (Lipinski definition) is 4. The normalized spacial score (nSPS) is 34.1. The molecule has 22 heavy (non-hydrogen) atoms. The molecule has 118 valence electrons. The first-order valence-corrected chi connectivity index (χ1v) is 7.72. The molecule has 2 saturated carbocycles. The van der Waals surface area contributed by atoms with Crippen molar-refractivity contribution >= 4 is 17.4 Å². The molecule has 0 radical (unpaired) electrons. The number of nitrogens with zero attached hydrogens (tertiary/aromatic N) is 2. The summed E-state index contributed by atoms with van der Waals surface area (Å²) in [5.74, 6) is 0.566. The zero-order chi connectivity index (χ0) is 16.2. The quantitative estimate of drug-likeness (QED) is 0.649. The third-order valence-corrected chi connectivity index (χ3v) is 6.45. The van der Waals surface area contributed by atoms with E-state index < -0.39 is 5.41 Å². The topological polar surface area (TPSA) is 74.6 Å². The van der Waals surface area contributed by atoms with E-state index in [1.165, 1.54) is 0 Å². The van der Waals surface area contributed by atoms with Crippen molar-refractivity contribution in [2.45, 2.75) is 47.0 Å². The number of pyridine rings is 1. The van der Waals surface area contributed by atoms with Crippen molar-refractivity contribution in [2.24, 2.45) is 21.4 Å². The summed E-state index contributed by atoms with van der Waals surface area (Å²) >= 11 is 0. The van der Waals surface area contributed by atoms with Crippen LogP contribution in [0.15, 0.2) is 23.5 Å². The Morgan fingerprint density at radius 1 is 1.36 bits per heavy atom. The molecule has 5 nitrogen and oxygen atoms in total. The Hall–Kier alpha value is -1.91. The maximum atomic E-state index is 13.0. The van der Waals surface area contributed by atoms with E-state index in [0.29, 0.717) is 12.2 Å². The van der Waals surface area contributed by atoms with Crippen LogP contribution in [0.2, 0.25) is 0 Å². The molecule has 0 spiro atoms. The van der Waals surface area contributed by atoms with E-state index in [2.05, 4.69) is 36.2 Å². The van der Waals surface area contributed by atoms with Gasteiger partial charge in [0.2, 0.25) is 5.91 Å². The fraction of sp³-hybridized carbons (Fsp3) is 0.588. The van der Waals surface area contributed by atoms with Gasteiger partial charge in [0.1, 0.15) is 5.82 Å². The van der Waals surface area contributed by atoms with Crippen LogP contribution in [0.1, 0.15) is 45.6 Å². The summed E-state index contributed by atoms with van der Waals surface area (Å²) < 4.78 is 0. The van der Waals surface area contributed by atoms with Crippen molar-refractivity contribution in [2.75, 3.05) is 5.32 Å². The number of fused-ring (bicyclic) bond motifs is 2. The van der Waals surface area contributed by atoms with E-state index in [1.807, 2.05) is 19.1 Å². The molecule has 1 heterocycles. The molecule has 3 rings (SSSR count). The number of aryl methyl sites for hydroxylation is 1. The van der Waals surface area contributed by atoms with Crippen LogP contribution >= 0.6 is 0 Å². The number of oxime groups is 1. The molecule has 2 unspecified atom stereocenters. The summed E-state index contributed by atoms with van der Waals surface area (Å²) in [6.45, 7) is 8.30. The molecule has 2 fully saturated rings. The van der Waals surface area contributed by atoms with Crippen LogP contribution in [0.4, 0.5) is 5.82 Å². The van der Waals surface area contributed by atoms with Crippen LogP contribution in [0.3, 0.4) is 0 Å². The minimum Gasteiger partial charge on any atom is -0.411 e. The van der Waals surface area contributed by atoms with Gasteiger partial charge in [-0.2, -0.15) is 0 Å². The number of amides is 1. The fourth-order valence-corrected chi connectivity index (χ4v) is 4.38. The Kier molecular flexibility index (Phi) is 3.10. The molecule has 1 aromatic rings. The molecular weight excluding hydrogens is 278 g/mol. The lowest BCUT2D eigenvalue weighted by molar-refractivity contribution is -0.130. The third-order valence-electron chi connectivity index (χ3n) is 6.45. The molecule has 2 aliphatic carbocycles. The number of hydrogen-bond donors (Lipinski definition) is 2. The van der Waals surface area contributed by atoms with Crippen LogP contribution in [0.25, 0.3) is 0 Å². The van der Waals surface area contributed by atoms with Gasteiger partial charge in [0.15, 0.2) is 0 Å². The number of rotatable bonds is 2. The van der Waals surface area contributed by atoms with Crippen molar-refractivity contribution in [1.29, 1.82) is 0 Å². The van der Waals surface area contributed by atoms with Crippen molar-refractivity contribution in [3.63, 3.8) is 0 Å². The SMILES string of the molecule is Cc1ccnc(NC(=O)C23CCC(C)(/C(=N/O)C2)C3(C)C)c1. The van der Waals surface area contributed by atoms with Gasteiger partial charge in [0.25, 0.3) is 0 Å². The van der Waals surface area contributed by atoms with Gasteiger partial charge in [-0.1, -0.05) is 25.9 Å². The molecular formula is C17H23N3O2. The van der Waals surface area contributed by atoms with Crippen molar-refractivity contribution in [3.05, 3.63) is 23.9 Å². The summed E-state index contributed by atoms with van der Waals surface area (Å²) in [5, 5.41) is 15.8. The highest BCUT2D eigenvalue weighted by molar-refractivity contribution is 6.06. The molecule has 0 aliphatic heterocycles. The van der Waals surface area contributed by atoms with Crippen molar-refractivity contribution < 1.29 is 10.0 Å². The first kappa shape index (κ1) is 15.0. The average Bonchev–Trinajstić information content (AvgIpc) is 2.77. The van der Waals surface area contributed by atoms with Gasteiger partial charge in [0.05, 0.1) is 11.1 Å². The Morgan fingerprint density at radius 3 is 2.68 bits per heavy atom. The number of carbonyl (C=O) groups is 1. The second-order valence-electron chi connectivity index (χ2n) is 7.44. The Morgan fingerprint density at radius 2 is 2.09 bits per heavy atom. The predicted octanol–water partition coefficient (Wildman–Crippen LogP) is 3.38. The Bertz CT molecular complexity index is 668. The smallest absolute Gasteiger partial charge is 0.232 e. The van der Waals surface area contributed by atoms with Crippen LogP contribution in [-0.2, 0) is 4.79 Å². The van der Waals surface area contributed by atoms with E-state index >= 15 is 0 Å². The van der Waals surface area contributed by atoms with Crippen molar-refractivity contribution in [1.82, 2.24) is 4.98 Å². The van der Waals surface area contributed by atoms with Crippen LogP contribution in [-0.4, -0.2) is 21.8 Å². The highest BCUT2D eigenvalue weighted by Gasteiger charge is 2.71. The van der Waals surface area contributed by atoms with Gasteiger partial charge in [0, 0.05) is 18.0 Å². The van der Waals surface area contributed by atoms with E-state index in [0.717, 1.165) is 24.1 Å². The second-order valence-corrected chi connectivity index (χ2v) is 7.44. The minimum atomic E-state index is -0.533. The van der Waals surface area contributed by atoms with Gasteiger partial charge in [-0.3, -0.25) is 4.79 Å². The molecule has 1 aromatic heterocycles. The lowest BCUT2D eigenvalue weighted by Crippen LogP contribution is -2.43. The Balaban J connectivity index is 1.95. The summed E-state index contributed by atoms with van der Waals surface area (Å²) in [5.41, 5.74) is 0.794. The van der Waals surface area contributed by atoms with E-state index in [9.17, 15) is 10.0 Å². The van der Waals surface area contributed by atoms with Crippen LogP contribution in [0, 0.1) is 23.2 Å². The highest BCUT2D eigenvalue weighted by atomic mass is 16.4. The standard InChI is InChI=1S/C17H23N3O2/c1-11-5-8-18-13(9-11)19-14(21)17-7-6-16(4,15(17,2)3)12(10-17)20-22/h5,8-9,22H,6-7,10H2,1-4H3,(H,18,19,21)/b20-12+. The lowest BCUT2D eigenvalue weighted by Gasteiger charge is -2.39. The Labute approximate surface area is 130 Å². The van der Waals surface area contributed by atoms with E-state index in [-0.39, 0.29) is 16.7 Å². The van der Waals surface area contributed by atoms with Crippen LogP contribution in [0.5, 0.6) is 0 Å². The summed E-state index contributed by atoms with van der Waals surface area (Å²) in [4.78, 5) is 17.3. The summed E-state index contributed by atoms with van der Waals surface area (Å²) in [6.07, 6.45) is 3.90. The summed E-state index contributed by atoms with van der Waals surface area (Å²) in [7, 11) is 0. The predicted molar refractivity (Wildman–Crippen MR) is 85.0 cm³/mol. The van der Waals surface area contributed by atoms with Crippen molar-refractivity contribution in [3.8, 4) is 0 Å². The van der Waals surface area contributed by atoms with E-state index in [1.54, 1.807) is 6.20 Å². The minimum absolute atomic E-state index is 0.0158. The highest BCUT2D eigenvalue weighted by Crippen LogP contribution is 2.71. The average molecular weight is 301 g/mol. The molecule has 2 N–H and O–H groups in total. The zero-order valence-electron chi connectivity index (χ0n) is 13.6. The molecule has 2 aliphatic rings. The summed E-state index contributed by atoms with van der Waals surface area (Å²) in [6, 6.07) is 3.77. The molecule has 2 bridgehead atoms. The van der Waals surface area contributed by atoms with Crippen LogP contribution < -0.4 is 5.32 Å². The van der Waals surface area contributed by atoms with E-state index in [4.69, 9.17) is 0 Å². The number of anilines is 1. The number of nitrogens with one attached hydrogen (secondary N) is 1. The van der Waals surface area contributed by atoms with Gasteiger partial charge < -0.3 is 10.5 Å². The molecule has 1 amide bonds. The second kappa shape index (κ2) is 4.54. The maximum Gasteiger partial charge on any atom is 0.232 e. The lowest BCUT2D eigenvalue weighted by atomic mass is 9.64. The van der Waals surface area contributed by atoms with Gasteiger partial charge >= 0.3 is 0 Å². The largest absolute Gasteiger partial charge is 0.411 e. The van der Waals surface area contributed by atoms with Gasteiger partial charge in [-0.15, -0.1) is 0 Å². The molecule has 0 saturated heterocycles. The molecule has 5 heteroatoms.